The standard InChI is InChI=1S/C23H16Cl3F10NO3S/c1-10(8-41(39,40)9-21(28,29)30)37-20(38)13-3-2-11(4-15(13)23(34,35)36)18(27)7-14(22(31,32)33)12-5-16(24)19(26)17(25)6-12/h2-7,10,14H,8-9H2,1H3,(H,37,38)/b18-7-/t10-,14?/m1/s1. The molecule has 2 rings (SSSR count). The molecule has 228 valence electrons. The number of hydrogen-bond acceptors (Lipinski definition) is 3. The Labute approximate surface area is 241 Å². The first kappa shape index (κ1) is 35.0. The normalized spacial score (nSPS) is 15.0. The van der Waals surface area contributed by atoms with Crippen molar-refractivity contribution in [3.63, 3.8) is 0 Å². The second kappa shape index (κ2) is 12.6. The van der Waals surface area contributed by atoms with Crippen LogP contribution in [0.5, 0.6) is 0 Å². The van der Waals surface area contributed by atoms with Gasteiger partial charge in [-0.1, -0.05) is 40.9 Å². The van der Waals surface area contributed by atoms with Crippen molar-refractivity contribution in [2.75, 3.05) is 11.5 Å². The van der Waals surface area contributed by atoms with E-state index >= 15 is 0 Å². The van der Waals surface area contributed by atoms with E-state index in [4.69, 9.17) is 34.8 Å². The Morgan fingerprint density at radius 1 is 0.951 bits per heavy atom. The van der Waals surface area contributed by atoms with Gasteiger partial charge in [0.25, 0.3) is 5.91 Å². The number of benzene rings is 2. The molecule has 0 bridgehead atoms. The second-order valence-electron chi connectivity index (χ2n) is 8.63. The Balaban J connectivity index is 2.46. The average molecular weight is 683 g/mol. The Morgan fingerprint density at radius 2 is 1.49 bits per heavy atom. The van der Waals surface area contributed by atoms with Crippen LogP contribution in [0, 0.1) is 0 Å². The van der Waals surface area contributed by atoms with Crippen LogP contribution in [0.4, 0.5) is 43.9 Å². The van der Waals surface area contributed by atoms with Crippen molar-refractivity contribution in [3.8, 4) is 0 Å². The molecular weight excluding hydrogens is 667 g/mol. The fraction of sp³-hybridized carbons (Fsp3) is 0.348. The summed E-state index contributed by atoms with van der Waals surface area (Å²) in [6.45, 7) is 0.919. The fourth-order valence-corrected chi connectivity index (χ4v) is 5.61. The van der Waals surface area contributed by atoms with E-state index < -0.39 is 95.9 Å². The first-order valence-electron chi connectivity index (χ1n) is 10.8. The average Bonchev–Trinajstić information content (AvgIpc) is 2.76. The van der Waals surface area contributed by atoms with Crippen molar-refractivity contribution in [1.82, 2.24) is 5.32 Å². The zero-order valence-electron chi connectivity index (χ0n) is 20.1. The van der Waals surface area contributed by atoms with Gasteiger partial charge in [0.2, 0.25) is 0 Å². The number of hydrogen-bond donors (Lipinski definition) is 1. The highest BCUT2D eigenvalue weighted by molar-refractivity contribution is 7.91. The molecule has 0 radical (unpaired) electrons. The minimum Gasteiger partial charge on any atom is -0.349 e. The number of carbonyl (C=O) groups excluding carboxylic acids is 1. The molecule has 18 heteroatoms. The van der Waals surface area contributed by atoms with Crippen molar-refractivity contribution >= 4 is 56.4 Å². The van der Waals surface area contributed by atoms with Crippen molar-refractivity contribution in [2.24, 2.45) is 0 Å². The Bertz CT molecular complexity index is 1410. The van der Waals surface area contributed by atoms with Gasteiger partial charge in [0.1, 0.15) is 17.5 Å². The summed E-state index contributed by atoms with van der Waals surface area (Å²) in [5.74, 6) is -9.61. The summed E-state index contributed by atoms with van der Waals surface area (Å²) in [5, 5.41) is 0.697. The van der Waals surface area contributed by atoms with E-state index in [1.54, 1.807) is 0 Å². The molecule has 41 heavy (non-hydrogen) atoms. The highest BCUT2D eigenvalue weighted by atomic mass is 35.5. The maximum atomic E-state index is 15.0. The molecule has 2 aromatic carbocycles. The molecule has 1 unspecified atom stereocenters. The predicted octanol–water partition coefficient (Wildman–Crippen LogP) is 8.42. The van der Waals surface area contributed by atoms with Crippen LogP contribution in [-0.2, 0) is 16.0 Å². The second-order valence-corrected chi connectivity index (χ2v) is 11.9. The number of rotatable bonds is 8. The van der Waals surface area contributed by atoms with Crippen molar-refractivity contribution in [1.29, 1.82) is 0 Å². The van der Waals surface area contributed by atoms with Gasteiger partial charge in [0.05, 0.1) is 31.9 Å². The quantitative estimate of drug-likeness (QED) is 0.225. The van der Waals surface area contributed by atoms with Gasteiger partial charge in [0.15, 0.2) is 9.84 Å². The molecule has 2 atom stereocenters. The van der Waals surface area contributed by atoms with Gasteiger partial charge in [-0.3, -0.25) is 4.79 Å². The minimum atomic E-state index is -5.37. The SMILES string of the molecule is C[C@H](CS(=O)(=O)CC(F)(F)F)NC(=O)c1ccc(/C(F)=C/C(c2cc(Cl)c(Cl)c(Cl)c2)C(F)(F)F)cc1C(F)(F)F. The zero-order valence-corrected chi connectivity index (χ0v) is 23.2. The van der Waals surface area contributed by atoms with E-state index in [0.29, 0.717) is 12.1 Å². The molecule has 2 aromatic rings. The number of alkyl halides is 9. The highest BCUT2D eigenvalue weighted by Crippen LogP contribution is 2.43. The van der Waals surface area contributed by atoms with Gasteiger partial charge in [0, 0.05) is 11.6 Å². The molecule has 0 aliphatic carbocycles. The Hall–Kier alpha value is -2.23. The van der Waals surface area contributed by atoms with Crippen molar-refractivity contribution < 1.29 is 57.1 Å². The Kier molecular flexibility index (Phi) is 10.7. The molecule has 0 spiro atoms. The van der Waals surface area contributed by atoms with Crippen LogP contribution in [0.3, 0.4) is 0 Å². The molecule has 0 saturated carbocycles. The van der Waals surface area contributed by atoms with Crippen LogP contribution < -0.4 is 5.32 Å². The van der Waals surface area contributed by atoms with Crippen LogP contribution in [0.25, 0.3) is 5.83 Å². The van der Waals surface area contributed by atoms with Gasteiger partial charge in [-0.2, -0.15) is 39.5 Å². The van der Waals surface area contributed by atoms with Gasteiger partial charge in [-0.15, -0.1) is 0 Å². The highest BCUT2D eigenvalue weighted by Gasteiger charge is 2.41. The van der Waals surface area contributed by atoms with Gasteiger partial charge < -0.3 is 5.32 Å². The lowest BCUT2D eigenvalue weighted by Gasteiger charge is -2.20. The number of carbonyl (C=O) groups is 1. The van der Waals surface area contributed by atoms with Crippen LogP contribution in [0.2, 0.25) is 15.1 Å². The summed E-state index contributed by atoms with van der Waals surface area (Å²) in [6, 6.07) is 0.899. The van der Waals surface area contributed by atoms with E-state index in [0.717, 1.165) is 19.1 Å². The number of sulfone groups is 1. The van der Waals surface area contributed by atoms with Crippen LogP contribution in [0.15, 0.2) is 36.4 Å². The van der Waals surface area contributed by atoms with Gasteiger partial charge in [-0.05, 0) is 42.8 Å². The van der Waals surface area contributed by atoms with Crippen LogP contribution in [0.1, 0.15) is 39.9 Å². The molecule has 0 aliphatic rings. The minimum absolute atomic E-state index is 0.0427. The largest absolute Gasteiger partial charge is 0.417 e. The summed E-state index contributed by atoms with van der Waals surface area (Å²) in [7, 11) is -4.81. The van der Waals surface area contributed by atoms with Crippen molar-refractivity contribution in [2.45, 2.75) is 37.4 Å². The van der Waals surface area contributed by atoms with E-state index in [2.05, 4.69) is 0 Å². The summed E-state index contributed by atoms with van der Waals surface area (Å²) >= 11 is 17.2. The molecule has 1 N–H and O–H groups in total. The lowest BCUT2D eigenvalue weighted by atomic mass is 9.95. The summed E-state index contributed by atoms with van der Waals surface area (Å²) < 4.78 is 158. The molecule has 1 amide bonds. The van der Waals surface area contributed by atoms with E-state index in [1.807, 2.05) is 5.32 Å². The number of halogens is 13. The van der Waals surface area contributed by atoms with Crippen LogP contribution >= 0.6 is 34.8 Å². The molecule has 4 nitrogen and oxygen atoms in total. The van der Waals surface area contributed by atoms with E-state index in [1.165, 1.54) is 0 Å². The van der Waals surface area contributed by atoms with E-state index in [9.17, 15) is 57.1 Å². The van der Waals surface area contributed by atoms with Crippen molar-refractivity contribution in [3.05, 3.63) is 73.7 Å². The number of amides is 1. The molecule has 0 fully saturated rings. The van der Waals surface area contributed by atoms with Gasteiger partial charge >= 0.3 is 18.5 Å². The maximum Gasteiger partial charge on any atom is 0.417 e. The fourth-order valence-electron chi connectivity index (χ4n) is 3.53. The first-order valence-corrected chi connectivity index (χ1v) is 13.7. The summed E-state index contributed by atoms with van der Waals surface area (Å²) in [4.78, 5) is 12.4. The summed E-state index contributed by atoms with van der Waals surface area (Å²) in [6.07, 6.45) is -15.7. The monoisotopic (exact) mass is 681 g/mol. The molecule has 0 heterocycles. The number of nitrogens with one attached hydrogen (secondary N) is 1. The third kappa shape index (κ3) is 9.93. The van der Waals surface area contributed by atoms with Gasteiger partial charge in [-0.25, -0.2) is 12.8 Å². The molecular formula is C23H16Cl3F10NO3S. The Morgan fingerprint density at radius 3 is 1.95 bits per heavy atom. The molecule has 0 aliphatic heterocycles. The lowest BCUT2D eigenvalue weighted by Crippen LogP contribution is -2.40. The zero-order chi connectivity index (χ0) is 31.7. The first-order chi connectivity index (χ1) is 18.4. The maximum absolute atomic E-state index is 15.0. The lowest BCUT2D eigenvalue weighted by molar-refractivity contribution is -0.140. The molecule has 0 aromatic heterocycles. The smallest absolute Gasteiger partial charge is 0.349 e. The van der Waals surface area contributed by atoms with Crippen LogP contribution in [-0.4, -0.2) is 44.2 Å². The topological polar surface area (TPSA) is 63.2 Å². The summed E-state index contributed by atoms with van der Waals surface area (Å²) in [5.41, 5.74) is -4.72. The molecule has 0 saturated heterocycles. The third-order valence-corrected chi connectivity index (χ3v) is 8.11. The number of allylic oxidation sites excluding steroid dienone is 1. The third-order valence-electron chi connectivity index (χ3n) is 5.14. The predicted molar refractivity (Wildman–Crippen MR) is 132 cm³/mol. The van der Waals surface area contributed by atoms with E-state index in [-0.39, 0.29) is 17.2 Å².